The zero-order chi connectivity index (χ0) is 18.2. The molecule has 2 heterocycles. The lowest BCUT2D eigenvalue weighted by molar-refractivity contribution is 0.400. The van der Waals surface area contributed by atoms with Crippen molar-refractivity contribution in [2.45, 2.75) is 140 Å². The third-order valence-electron chi connectivity index (χ3n) is 7.20. The summed E-state index contributed by atoms with van der Waals surface area (Å²) in [6, 6.07) is 4.31. The Kier molecular flexibility index (Phi) is 8.75. The molecule has 0 N–H and O–H groups in total. The van der Waals surface area contributed by atoms with Crippen LogP contribution >= 0.6 is 0 Å². The molecule has 0 bridgehead atoms. The maximum atomic E-state index is 7.46. The van der Waals surface area contributed by atoms with Crippen LogP contribution in [0.25, 0.3) is 0 Å². The van der Waals surface area contributed by atoms with Gasteiger partial charge in [0.25, 0.3) is 0 Å². The van der Waals surface area contributed by atoms with E-state index in [1.54, 1.807) is 0 Å². The second kappa shape index (κ2) is 10.1. The van der Waals surface area contributed by atoms with E-state index in [9.17, 15) is 0 Å². The molecule has 0 aromatic carbocycles. The fourth-order valence-corrected chi connectivity index (χ4v) is 16.9. The molecule has 0 aromatic heterocycles. The van der Waals surface area contributed by atoms with Crippen LogP contribution in [0.1, 0.15) is 104 Å². The van der Waals surface area contributed by atoms with Crippen molar-refractivity contribution >= 4 is 16.6 Å². The molecule has 0 amide bonds. The van der Waals surface area contributed by atoms with Crippen molar-refractivity contribution in [3.05, 3.63) is 0 Å². The van der Waals surface area contributed by atoms with Gasteiger partial charge in [-0.1, -0.05) is 97.3 Å². The third kappa shape index (κ3) is 6.81. The Hall–Kier alpha value is 0.394. The lowest BCUT2D eigenvalue weighted by atomic mass is 10.0. The molecule has 3 heteroatoms. The van der Waals surface area contributed by atoms with Gasteiger partial charge < -0.3 is 4.12 Å². The Morgan fingerprint density at radius 2 is 0.960 bits per heavy atom. The van der Waals surface area contributed by atoms with E-state index >= 15 is 0 Å². The molecule has 0 saturated carbocycles. The maximum absolute atomic E-state index is 7.46. The van der Waals surface area contributed by atoms with Gasteiger partial charge in [0.05, 0.1) is 0 Å². The Balaban J connectivity index is 2.23. The topological polar surface area (TPSA) is 9.23 Å². The molecule has 0 aliphatic carbocycles. The summed E-state index contributed by atoms with van der Waals surface area (Å²) >= 11 is 0. The normalized spacial score (nSPS) is 33.1. The first-order chi connectivity index (χ1) is 11.9. The van der Waals surface area contributed by atoms with Gasteiger partial charge in [-0.25, -0.2) is 0 Å². The Morgan fingerprint density at radius 1 is 0.560 bits per heavy atom. The van der Waals surface area contributed by atoms with E-state index in [1.165, 1.54) is 108 Å². The van der Waals surface area contributed by atoms with Crippen LogP contribution in [-0.2, 0) is 4.12 Å². The zero-order valence-corrected chi connectivity index (χ0v) is 19.9. The molecule has 1 atom stereocenters. The first-order valence-corrected chi connectivity index (χ1v) is 17.0. The van der Waals surface area contributed by atoms with E-state index in [0.29, 0.717) is 5.04 Å². The second-order valence-corrected chi connectivity index (χ2v) is 19.5. The minimum atomic E-state index is -1.68. The molecule has 2 aliphatic rings. The van der Waals surface area contributed by atoms with Crippen LogP contribution in [0.4, 0.5) is 0 Å². The minimum Gasteiger partial charge on any atom is -0.455 e. The number of hydrogen-bond donors (Lipinski definition) is 0. The highest BCUT2D eigenvalue weighted by Crippen LogP contribution is 2.51. The van der Waals surface area contributed by atoms with E-state index < -0.39 is 16.6 Å². The highest BCUT2D eigenvalue weighted by molar-refractivity contribution is 6.87. The standard InChI is InChI=1S/C22H46OSi2/c1-22(2)18-14-10-6-9-13-17-21-25(22)20-16-12-8-5-7-11-15-19-24(3,4)23-25/h5-21H2,1-4H3. The Bertz CT molecular complexity index is 380. The number of rotatable bonds is 0. The van der Waals surface area contributed by atoms with Crippen LogP contribution in [-0.4, -0.2) is 16.6 Å². The van der Waals surface area contributed by atoms with Crippen molar-refractivity contribution in [2.24, 2.45) is 0 Å². The van der Waals surface area contributed by atoms with E-state index in [0.717, 1.165) is 0 Å². The van der Waals surface area contributed by atoms with Crippen molar-refractivity contribution in [2.75, 3.05) is 0 Å². The predicted octanol–water partition coefficient (Wildman–Crippen LogP) is 8.42. The van der Waals surface area contributed by atoms with E-state index in [1.807, 2.05) is 0 Å². The van der Waals surface area contributed by atoms with Crippen LogP contribution in [0.15, 0.2) is 0 Å². The molecule has 2 rings (SSSR count). The van der Waals surface area contributed by atoms with Crippen LogP contribution in [0.3, 0.4) is 0 Å². The van der Waals surface area contributed by atoms with E-state index in [2.05, 4.69) is 26.9 Å². The lowest BCUT2D eigenvalue weighted by Crippen LogP contribution is -2.55. The largest absolute Gasteiger partial charge is 0.455 e. The first kappa shape index (κ1) is 21.7. The van der Waals surface area contributed by atoms with Gasteiger partial charge in [-0.15, -0.1) is 0 Å². The van der Waals surface area contributed by atoms with Gasteiger partial charge in [-0.3, -0.25) is 0 Å². The molecule has 0 aromatic rings. The summed E-state index contributed by atoms with van der Waals surface area (Å²) < 4.78 is 7.46. The molecule has 148 valence electrons. The average molecular weight is 383 g/mol. The SMILES string of the molecule is CC1(C)CCCCCCCC[Si]12CCCCCCCCC[Si](C)(C)O2. The highest BCUT2D eigenvalue weighted by atomic mass is 28.4. The first-order valence-electron chi connectivity index (χ1n) is 11.6. The molecule has 1 spiro atoms. The van der Waals surface area contributed by atoms with Crippen molar-refractivity contribution < 1.29 is 4.12 Å². The highest BCUT2D eigenvalue weighted by Gasteiger charge is 2.50. The molecule has 1 nitrogen and oxygen atoms in total. The molecular weight excluding hydrogens is 336 g/mol. The summed E-state index contributed by atoms with van der Waals surface area (Å²) in [7, 11) is -3.21. The molecule has 2 saturated heterocycles. The number of hydrogen-bond acceptors (Lipinski definition) is 1. The predicted molar refractivity (Wildman–Crippen MR) is 117 cm³/mol. The summed E-state index contributed by atoms with van der Waals surface area (Å²) in [5, 5.41) is 0.471. The van der Waals surface area contributed by atoms with Gasteiger partial charge in [0.15, 0.2) is 16.6 Å². The zero-order valence-electron chi connectivity index (χ0n) is 17.9. The molecule has 0 radical (unpaired) electrons. The van der Waals surface area contributed by atoms with Gasteiger partial charge in [-0.05, 0) is 42.7 Å². The summed E-state index contributed by atoms with van der Waals surface area (Å²) in [5.74, 6) is 0. The van der Waals surface area contributed by atoms with Crippen LogP contribution < -0.4 is 0 Å². The molecule has 2 aliphatic heterocycles. The third-order valence-corrected chi connectivity index (χ3v) is 17.6. The van der Waals surface area contributed by atoms with Crippen molar-refractivity contribution in [1.82, 2.24) is 0 Å². The fourth-order valence-electron chi connectivity index (χ4n) is 5.38. The van der Waals surface area contributed by atoms with E-state index in [4.69, 9.17) is 4.12 Å². The van der Waals surface area contributed by atoms with E-state index in [-0.39, 0.29) is 0 Å². The summed E-state index contributed by atoms with van der Waals surface area (Å²) in [6.07, 6.45) is 20.3. The van der Waals surface area contributed by atoms with Gasteiger partial charge in [0.1, 0.15) is 0 Å². The van der Waals surface area contributed by atoms with Crippen LogP contribution in [0.2, 0.25) is 36.3 Å². The quantitative estimate of drug-likeness (QED) is 0.382. The maximum Gasteiger partial charge on any atom is 0.185 e. The van der Waals surface area contributed by atoms with Gasteiger partial charge >= 0.3 is 0 Å². The van der Waals surface area contributed by atoms with Gasteiger partial charge in [0, 0.05) is 0 Å². The van der Waals surface area contributed by atoms with Crippen LogP contribution in [0.5, 0.6) is 0 Å². The monoisotopic (exact) mass is 382 g/mol. The summed E-state index contributed by atoms with van der Waals surface area (Å²) in [5.41, 5.74) is 0. The van der Waals surface area contributed by atoms with Gasteiger partial charge in [-0.2, -0.15) is 0 Å². The fraction of sp³-hybridized carbons (Fsp3) is 1.00. The Labute approximate surface area is 161 Å². The summed E-state index contributed by atoms with van der Waals surface area (Å²) in [6.45, 7) is 10.3. The van der Waals surface area contributed by atoms with Crippen molar-refractivity contribution in [3.63, 3.8) is 0 Å². The smallest absolute Gasteiger partial charge is 0.185 e. The molecule has 2 fully saturated rings. The second-order valence-electron chi connectivity index (χ2n) is 10.3. The van der Waals surface area contributed by atoms with Crippen molar-refractivity contribution in [1.29, 1.82) is 0 Å². The van der Waals surface area contributed by atoms with Crippen LogP contribution in [0, 0.1) is 0 Å². The van der Waals surface area contributed by atoms with Crippen molar-refractivity contribution in [3.8, 4) is 0 Å². The lowest BCUT2D eigenvalue weighted by Gasteiger charge is -2.50. The average Bonchev–Trinajstić information content (AvgIpc) is 2.53. The molecular formula is C22H46OSi2. The minimum absolute atomic E-state index is 0.471. The summed E-state index contributed by atoms with van der Waals surface area (Å²) in [4.78, 5) is 0. The van der Waals surface area contributed by atoms with Gasteiger partial charge in [0.2, 0.25) is 0 Å². The Morgan fingerprint density at radius 3 is 1.48 bits per heavy atom. The molecule has 1 unspecified atom stereocenters. The molecule has 25 heavy (non-hydrogen) atoms.